The molecule has 1 heterocycles. The molecule has 0 aromatic rings. The second-order valence-electron chi connectivity index (χ2n) is 6.77. The van der Waals surface area contributed by atoms with Crippen LogP contribution in [0, 0.1) is 23.7 Å². The second kappa shape index (κ2) is 5.36. The van der Waals surface area contributed by atoms with Crippen molar-refractivity contribution in [1.82, 2.24) is 0 Å². The third-order valence-electron chi connectivity index (χ3n) is 5.87. The standard InChI is InChI=1S/C16H28OS/c1-4-17-12-6-8-13-14-7-5-10(2)11(3)16(14)18-15(13)9-12/h10-16H,4-9H2,1-3H3. The van der Waals surface area contributed by atoms with E-state index in [-0.39, 0.29) is 0 Å². The Balaban J connectivity index is 1.68. The summed E-state index contributed by atoms with van der Waals surface area (Å²) in [4.78, 5) is 0. The van der Waals surface area contributed by atoms with Gasteiger partial charge in [0.1, 0.15) is 0 Å². The summed E-state index contributed by atoms with van der Waals surface area (Å²) in [5.74, 6) is 3.94. The number of fused-ring (bicyclic) bond motifs is 3. The van der Waals surface area contributed by atoms with Gasteiger partial charge in [0.05, 0.1) is 6.10 Å². The van der Waals surface area contributed by atoms with E-state index in [0.29, 0.717) is 6.10 Å². The summed E-state index contributed by atoms with van der Waals surface area (Å²) in [5.41, 5.74) is 0. The summed E-state index contributed by atoms with van der Waals surface area (Å²) in [6.07, 6.45) is 7.63. The van der Waals surface area contributed by atoms with Crippen LogP contribution in [0.3, 0.4) is 0 Å². The van der Waals surface area contributed by atoms with E-state index in [1.54, 1.807) is 0 Å². The summed E-state index contributed by atoms with van der Waals surface area (Å²) in [6.45, 7) is 8.00. The van der Waals surface area contributed by atoms with E-state index in [1.165, 1.54) is 32.1 Å². The monoisotopic (exact) mass is 268 g/mol. The van der Waals surface area contributed by atoms with Crippen LogP contribution < -0.4 is 0 Å². The van der Waals surface area contributed by atoms with Gasteiger partial charge in [-0.1, -0.05) is 20.3 Å². The lowest BCUT2D eigenvalue weighted by Crippen LogP contribution is -2.36. The van der Waals surface area contributed by atoms with Crippen molar-refractivity contribution in [2.75, 3.05) is 6.61 Å². The highest BCUT2D eigenvalue weighted by atomic mass is 32.2. The Labute approximate surface area is 116 Å². The largest absolute Gasteiger partial charge is 0.378 e. The van der Waals surface area contributed by atoms with Crippen LogP contribution in [0.25, 0.3) is 0 Å². The Morgan fingerprint density at radius 3 is 2.61 bits per heavy atom. The van der Waals surface area contributed by atoms with Gasteiger partial charge in [0.15, 0.2) is 0 Å². The third kappa shape index (κ3) is 2.24. The zero-order valence-electron chi connectivity index (χ0n) is 12.1. The summed E-state index contributed by atoms with van der Waals surface area (Å²) < 4.78 is 5.88. The Hall–Kier alpha value is 0.310. The minimum absolute atomic E-state index is 0.566. The predicted molar refractivity (Wildman–Crippen MR) is 79.0 cm³/mol. The molecule has 0 aromatic carbocycles. The van der Waals surface area contributed by atoms with Crippen LogP contribution in [0.1, 0.15) is 52.9 Å². The van der Waals surface area contributed by atoms with Crippen molar-refractivity contribution >= 4 is 11.8 Å². The highest BCUT2D eigenvalue weighted by Gasteiger charge is 2.50. The van der Waals surface area contributed by atoms with Crippen molar-refractivity contribution in [1.29, 1.82) is 0 Å². The average Bonchev–Trinajstić information content (AvgIpc) is 2.73. The molecule has 0 N–H and O–H groups in total. The van der Waals surface area contributed by atoms with E-state index in [1.807, 2.05) is 0 Å². The van der Waals surface area contributed by atoms with E-state index in [0.717, 1.165) is 40.8 Å². The van der Waals surface area contributed by atoms with Crippen LogP contribution in [0.4, 0.5) is 0 Å². The normalized spacial score (nSPS) is 51.8. The van der Waals surface area contributed by atoms with Gasteiger partial charge in [-0.2, -0.15) is 11.8 Å². The van der Waals surface area contributed by atoms with Crippen LogP contribution in [0.2, 0.25) is 0 Å². The van der Waals surface area contributed by atoms with Gasteiger partial charge in [-0.3, -0.25) is 0 Å². The smallest absolute Gasteiger partial charge is 0.0585 e. The molecule has 3 aliphatic rings. The van der Waals surface area contributed by atoms with Crippen molar-refractivity contribution in [3.63, 3.8) is 0 Å². The maximum absolute atomic E-state index is 5.88. The quantitative estimate of drug-likeness (QED) is 0.736. The molecular formula is C16H28OS. The van der Waals surface area contributed by atoms with Crippen molar-refractivity contribution in [3.05, 3.63) is 0 Å². The summed E-state index contributed by atoms with van der Waals surface area (Å²) in [6, 6.07) is 0. The number of ether oxygens (including phenoxy) is 1. The molecule has 3 fully saturated rings. The highest BCUT2D eigenvalue weighted by molar-refractivity contribution is 8.00. The maximum atomic E-state index is 5.88. The fourth-order valence-corrected chi connectivity index (χ4v) is 6.95. The van der Waals surface area contributed by atoms with E-state index in [2.05, 4.69) is 32.5 Å². The van der Waals surface area contributed by atoms with Crippen LogP contribution >= 0.6 is 11.8 Å². The van der Waals surface area contributed by atoms with Crippen LogP contribution in [-0.2, 0) is 4.74 Å². The van der Waals surface area contributed by atoms with E-state index in [9.17, 15) is 0 Å². The zero-order chi connectivity index (χ0) is 12.7. The zero-order valence-corrected chi connectivity index (χ0v) is 12.9. The molecule has 2 heteroatoms. The Kier molecular flexibility index (Phi) is 3.96. The molecule has 0 aromatic heterocycles. The third-order valence-corrected chi connectivity index (χ3v) is 7.86. The fourth-order valence-electron chi connectivity index (χ4n) is 4.63. The Morgan fingerprint density at radius 1 is 1.06 bits per heavy atom. The number of thioether (sulfide) groups is 1. The molecule has 104 valence electrons. The molecule has 18 heavy (non-hydrogen) atoms. The Bertz CT molecular complexity index is 293. The molecule has 3 rings (SSSR count). The molecule has 1 nitrogen and oxygen atoms in total. The van der Waals surface area contributed by atoms with Gasteiger partial charge < -0.3 is 4.74 Å². The second-order valence-corrected chi connectivity index (χ2v) is 8.19. The van der Waals surface area contributed by atoms with Crippen molar-refractivity contribution < 1.29 is 4.74 Å². The molecule has 2 saturated carbocycles. The van der Waals surface area contributed by atoms with Gasteiger partial charge in [0.2, 0.25) is 0 Å². The number of rotatable bonds is 2. The van der Waals surface area contributed by atoms with Gasteiger partial charge in [0.25, 0.3) is 0 Å². The molecule has 0 amide bonds. The lowest BCUT2D eigenvalue weighted by atomic mass is 9.67. The van der Waals surface area contributed by atoms with Gasteiger partial charge in [-0.05, 0) is 56.3 Å². The number of hydrogen-bond acceptors (Lipinski definition) is 2. The van der Waals surface area contributed by atoms with E-state index >= 15 is 0 Å². The summed E-state index contributed by atoms with van der Waals surface area (Å²) in [7, 11) is 0. The fraction of sp³-hybridized carbons (Fsp3) is 1.00. The van der Waals surface area contributed by atoms with Gasteiger partial charge in [-0.25, -0.2) is 0 Å². The predicted octanol–water partition coefficient (Wildman–Crippen LogP) is 4.36. The molecule has 0 spiro atoms. The first-order valence-electron chi connectivity index (χ1n) is 7.97. The summed E-state index contributed by atoms with van der Waals surface area (Å²) >= 11 is 2.34. The molecule has 1 aliphatic heterocycles. The van der Waals surface area contributed by atoms with Crippen molar-refractivity contribution in [3.8, 4) is 0 Å². The summed E-state index contributed by atoms with van der Waals surface area (Å²) in [5, 5.41) is 1.88. The lowest BCUT2D eigenvalue weighted by Gasteiger charge is -2.38. The molecule has 1 saturated heterocycles. The number of hydrogen-bond donors (Lipinski definition) is 0. The van der Waals surface area contributed by atoms with Gasteiger partial charge >= 0.3 is 0 Å². The van der Waals surface area contributed by atoms with E-state index in [4.69, 9.17) is 4.74 Å². The minimum Gasteiger partial charge on any atom is -0.378 e. The molecule has 0 radical (unpaired) electrons. The van der Waals surface area contributed by atoms with Gasteiger partial charge in [-0.15, -0.1) is 0 Å². The van der Waals surface area contributed by atoms with Crippen LogP contribution in [-0.4, -0.2) is 23.2 Å². The van der Waals surface area contributed by atoms with Crippen LogP contribution in [0.5, 0.6) is 0 Å². The first-order chi connectivity index (χ1) is 8.70. The lowest BCUT2D eigenvalue weighted by molar-refractivity contribution is 0.0197. The molecule has 2 aliphatic carbocycles. The first kappa shape index (κ1) is 13.3. The molecule has 7 unspecified atom stereocenters. The minimum atomic E-state index is 0.566. The topological polar surface area (TPSA) is 9.23 Å². The van der Waals surface area contributed by atoms with E-state index < -0.39 is 0 Å². The van der Waals surface area contributed by atoms with Gasteiger partial charge in [0, 0.05) is 17.1 Å². The molecule has 0 bridgehead atoms. The highest BCUT2D eigenvalue weighted by Crippen LogP contribution is 2.57. The van der Waals surface area contributed by atoms with Crippen molar-refractivity contribution in [2.24, 2.45) is 23.7 Å². The maximum Gasteiger partial charge on any atom is 0.0585 e. The SMILES string of the molecule is CCOC1CCC2C(C1)SC1C(C)C(C)CCC21. The first-order valence-corrected chi connectivity index (χ1v) is 8.92. The average molecular weight is 268 g/mol. The Morgan fingerprint density at radius 2 is 1.83 bits per heavy atom. The van der Waals surface area contributed by atoms with Crippen molar-refractivity contribution in [2.45, 2.75) is 69.5 Å². The molecular weight excluding hydrogens is 240 g/mol. The molecule has 7 atom stereocenters. The van der Waals surface area contributed by atoms with Crippen LogP contribution in [0.15, 0.2) is 0 Å².